The van der Waals surface area contributed by atoms with Gasteiger partial charge in [-0.3, -0.25) is 14.9 Å². The maximum absolute atomic E-state index is 13.4. The van der Waals surface area contributed by atoms with E-state index in [-0.39, 0.29) is 19.7 Å². The Hall–Kier alpha value is -2.62. The molecule has 7 nitrogen and oxygen atoms in total. The van der Waals surface area contributed by atoms with E-state index < -0.39 is 41.0 Å². The number of rotatable bonds is 6. The van der Waals surface area contributed by atoms with Crippen LogP contribution in [0.2, 0.25) is 0 Å². The molecule has 0 heterocycles. The Bertz CT molecular complexity index is 640. The lowest BCUT2D eigenvalue weighted by atomic mass is 10.2. The van der Waals surface area contributed by atoms with E-state index in [2.05, 4.69) is 10.1 Å². The van der Waals surface area contributed by atoms with Crippen LogP contribution in [0.25, 0.3) is 0 Å². The fourth-order valence-corrected chi connectivity index (χ4v) is 1.75. The van der Waals surface area contributed by atoms with E-state index in [4.69, 9.17) is 0 Å². The zero-order valence-corrected chi connectivity index (χ0v) is 13.0. The summed E-state index contributed by atoms with van der Waals surface area (Å²) < 4.78 is 43.8. The molecule has 0 fully saturated rings. The van der Waals surface area contributed by atoms with Crippen LogP contribution in [0.1, 0.15) is 6.92 Å². The number of hydrogen-bond donors (Lipinski definition) is 3. The van der Waals surface area contributed by atoms with Crippen molar-refractivity contribution >= 4 is 23.6 Å². The summed E-state index contributed by atoms with van der Waals surface area (Å²) in [5.41, 5.74) is -0.511. The van der Waals surface area contributed by atoms with Crippen LogP contribution in [0.4, 0.5) is 23.7 Å². The predicted molar refractivity (Wildman–Crippen MR) is 76.7 cm³/mol. The minimum Gasteiger partial charge on any atom is -0.450 e. The lowest BCUT2D eigenvalue weighted by molar-refractivity contribution is -0.862. The number of amides is 3. The molecule has 1 rings (SSSR count). The average Bonchev–Trinajstić information content (AvgIpc) is 2.47. The molecule has 10 heteroatoms. The van der Waals surface area contributed by atoms with Crippen LogP contribution < -0.4 is 15.5 Å². The number of benzene rings is 1. The number of anilines is 1. The number of quaternary nitrogens is 1. The third kappa shape index (κ3) is 5.88. The molecule has 3 amide bonds. The van der Waals surface area contributed by atoms with Crippen molar-refractivity contribution < 1.29 is 37.2 Å². The number of carbonyl (C=O) groups excluding carboxylic acids is 3. The zero-order chi connectivity index (χ0) is 18.3. The monoisotopic (exact) mass is 348 g/mol. The smallest absolute Gasteiger partial charge is 0.414 e. The van der Waals surface area contributed by atoms with Crippen LogP contribution >= 0.6 is 0 Å². The summed E-state index contributed by atoms with van der Waals surface area (Å²) in [6, 6.07) is 1.56. The van der Waals surface area contributed by atoms with Gasteiger partial charge in [0.15, 0.2) is 30.5 Å². The van der Waals surface area contributed by atoms with E-state index in [0.29, 0.717) is 11.0 Å². The summed E-state index contributed by atoms with van der Waals surface area (Å²) >= 11 is 0. The second kappa shape index (κ2) is 8.87. The van der Waals surface area contributed by atoms with Crippen LogP contribution in [-0.2, 0) is 14.3 Å². The second-order valence-corrected chi connectivity index (χ2v) is 4.85. The Labute approximate surface area is 135 Å². The molecule has 0 saturated heterocycles. The van der Waals surface area contributed by atoms with Gasteiger partial charge in [-0.05, 0) is 19.1 Å². The molecule has 3 N–H and O–H groups in total. The van der Waals surface area contributed by atoms with Crippen molar-refractivity contribution in [2.75, 3.05) is 32.1 Å². The third-order valence-corrected chi connectivity index (χ3v) is 2.75. The molecule has 0 saturated carbocycles. The van der Waals surface area contributed by atoms with Crippen molar-refractivity contribution in [3.63, 3.8) is 0 Å². The van der Waals surface area contributed by atoms with Gasteiger partial charge in [0.2, 0.25) is 0 Å². The van der Waals surface area contributed by atoms with E-state index in [1.165, 1.54) is 7.05 Å². The van der Waals surface area contributed by atoms with E-state index in [1.54, 1.807) is 6.92 Å². The Kier molecular flexibility index (Phi) is 7.18. The SMILES string of the molecule is CCOC(=O)NC(=O)C[NH+](C)CC(=O)Nc1ccc(F)c(F)c1F. The lowest BCUT2D eigenvalue weighted by Crippen LogP contribution is -3.11. The fraction of sp³-hybridized carbons (Fsp3) is 0.357. The maximum Gasteiger partial charge on any atom is 0.414 e. The van der Waals surface area contributed by atoms with Crippen molar-refractivity contribution in [1.29, 1.82) is 0 Å². The normalized spacial score (nSPS) is 11.5. The standard InChI is InChI=1S/C14H16F3N3O4/c1-3-24-14(23)19-11(22)7-20(2)6-10(21)18-9-5-4-8(15)12(16)13(9)17/h4-5H,3,6-7H2,1-2H3,(H,18,21)(H,19,22,23)/p+1. The van der Waals surface area contributed by atoms with Gasteiger partial charge in [-0.15, -0.1) is 0 Å². The van der Waals surface area contributed by atoms with E-state index in [1.807, 2.05) is 5.32 Å². The maximum atomic E-state index is 13.4. The van der Waals surface area contributed by atoms with Crippen LogP contribution in [0.5, 0.6) is 0 Å². The van der Waals surface area contributed by atoms with Crippen LogP contribution in [0, 0.1) is 17.5 Å². The molecule has 0 bridgehead atoms. The van der Waals surface area contributed by atoms with Gasteiger partial charge in [0.25, 0.3) is 11.8 Å². The Morgan fingerprint density at radius 2 is 1.71 bits per heavy atom. The number of imide groups is 1. The molecular weight excluding hydrogens is 331 g/mol. The van der Waals surface area contributed by atoms with Gasteiger partial charge in [-0.2, -0.15) is 0 Å². The molecule has 0 aliphatic rings. The fourth-order valence-electron chi connectivity index (χ4n) is 1.75. The second-order valence-electron chi connectivity index (χ2n) is 4.85. The molecule has 0 aliphatic carbocycles. The minimum atomic E-state index is -1.69. The molecule has 0 aliphatic heterocycles. The summed E-state index contributed by atoms with van der Waals surface area (Å²) in [5, 5.41) is 4.03. The highest BCUT2D eigenvalue weighted by atomic mass is 19.2. The molecular formula is C14H17F3N3O4+. The third-order valence-electron chi connectivity index (χ3n) is 2.75. The Morgan fingerprint density at radius 1 is 1.08 bits per heavy atom. The van der Waals surface area contributed by atoms with Crippen molar-refractivity contribution in [2.24, 2.45) is 0 Å². The minimum absolute atomic E-state index is 0.101. The van der Waals surface area contributed by atoms with Gasteiger partial charge in [0.05, 0.1) is 19.3 Å². The van der Waals surface area contributed by atoms with E-state index in [0.717, 1.165) is 6.07 Å². The summed E-state index contributed by atoms with van der Waals surface area (Å²) in [6.07, 6.45) is -0.899. The highest BCUT2D eigenvalue weighted by Gasteiger charge is 2.19. The molecule has 0 aromatic heterocycles. The molecule has 24 heavy (non-hydrogen) atoms. The summed E-state index contributed by atoms with van der Waals surface area (Å²) in [6.45, 7) is 1.17. The van der Waals surface area contributed by atoms with Gasteiger partial charge in [0.1, 0.15) is 0 Å². The number of nitrogens with one attached hydrogen (secondary N) is 3. The molecule has 1 aromatic carbocycles. The first kappa shape index (κ1) is 19.4. The molecule has 0 spiro atoms. The lowest BCUT2D eigenvalue weighted by Gasteiger charge is -2.13. The number of carbonyl (C=O) groups is 3. The van der Waals surface area contributed by atoms with Gasteiger partial charge < -0.3 is 15.0 Å². The highest BCUT2D eigenvalue weighted by Crippen LogP contribution is 2.19. The van der Waals surface area contributed by atoms with Crippen molar-refractivity contribution in [1.82, 2.24) is 5.32 Å². The van der Waals surface area contributed by atoms with Gasteiger partial charge in [-0.25, -0.2) is 18.0 Å². The molecule has 1 aromatic rings. The first-order chi connectivity index (χ1) is 11.2. The van der Waals surface area contributed by atoms with Crippen LogP contribution in [0.15, 0.2) is 12.1 Å². The predicted octanol–water partition coefficient (Wildman–Crippen LogP) is -0.170. The van der Waals surface area contributed by atoms with E-state index >= 15 is 0 Å². The molecule has 132 valence electrons. The number of halogens is 3. The van der Waals surface area contributed by atoms with E-state index in [9.17, 15) is 27.6 Å². The van der Waals surface area contributed by atoms with Crippen LogP contribution in [0.3, 0.4) is 0 Å². The number of alkyl carbamates (subject to hydrolysis) is 1. The summed E-state index contributed by atoms with van der Waals surface area (Å²) in [4.78, 5) is 34.7. The quantitative estimate of drug-likeness (QED) is 0.623. The van der Waals surface area contributed by atoms with Crippen molar-refractivity contribution in [3.8, 4) is 0 Å². The Balaban J connectivity index is 2.51. The topological polar surface area (TPSA) is 88.9 Å². The Morgan fingerprint density at radius 3 is 2.33 bits per heavy atom. The molecule has 0 radical (unpaired) electrons. The molecule has 1 atom stereocenters. The summed E-state index contributed by atoms with van der Waals surface area (Å²) in [5.74, 6) is -5.97. The summed E-state index contributed by atoms with van der Waals surface area (Å²) in [7, 11) is 1.48. The first-order valence-corrected chi connectivity index (χ1v) is 6.95. The average molecular weight is 348 g/mol. The largest absolute Gasteiger partial charge is 0.450 e. The van der Waals surface area contributed by atoms with Gasteiger partial charge >= 0.3 is 6.09 Å². The van der Waals surface area contributed by atoms with Gasteiger partial charge in [0, 0.05) is 0 Å². The number of likely N-dealkylation sites (N-methyl/N-ethyl adjacent to an activating group) is 1. The van der Waals surface area contributed by atoms with Gasteiger partial charge in [-0.1, -0.05) is 0 Å². The zero-order valence-electron chi connectivity index (χ0n) is 13.0. The van der Waals surface area contributed by atoms with Crippen molar-refractivity contribution in [3.05, 3.63) is 29.6 Å². The number of ether oxygens (including phenoxy) is 1. The molecule has 1 unspecified atom stereocenters. The highest BCUT2D eigenvalue weighted by molar-refractivity contribution is 5.93. The first-order valence-electron chi connectivity index (χ1n) is 6.95. The van der Waals surface area contributed by atoms with Crippen molar-refractivity contribution in [2.45, 2.75) is 6.92 Å². The van der Waals surface area contributed by atoms with Crippen LogP contribution in [-0.4, -0.2) is 44.7 Å². The number of hydrogen-bond acceptors (Lipinski definition) is 4.